The first kappa shape index (κ1) is 17.0. The number of hydrogen-bond donors (Lipinski definition) is 0. The van der Waals surface area contributed by atoms with E-state index < -0.39 is 11.7 Å². The quantitative estimate of drug-likeness (QED) is 0.642. The van der Waals surface area contributed by atoms with Crippen molar-refractivity contribution in [2.45, 2.75) is 52.3 Å². The van der Waals surface area contributed by atoms with Crippen molar-refractivity contribution in [2.24, 2.45) is 0 Å². The second kappa shape index (κ2) is 8.30. The Morgan fingerprint density at radius 1 is 1.00 bits per heavy atom. The summed E-state index contributed by atoms with van der Waals surface area (Å²) in [6, 6.07) is 5.67. The largest absolute Gasteiger partial charge is 0.416 e. The molecule has 1 rings (SSSR count). The van der Waals surface area contributed by atoms with E-state index in [4.69, 9.17) is 0 Å². The Morgan fingerprint density at radius 3 is 2.10 bits per heavy atom. The maximum absolute atomic E-state index is 12.7. The molecule has 0 heterocycles. The van der Waals surface area contributed by atoms with Crippen LogP contribution in [0.4, 0.5) is 13.2 Å². The number of rotatable bonds is 8. The number of alkyl halides is 3. The summed E-state index contributed by atoms with van der Waals surface area (Å²) in [6.45, 7) is 6.76. The van der Waals surface area contributed by atoms with Gasteiger partial charge in [0.15, 0.2) is 0 Å². The van der Waals surface area contributed by atoms with Crippen molar-refractivity contribution in [3.8, 4) is 0 Å². The summed E-state index contributed by atoms with van der Waals surface area (Å²) >= 11 is 0. The van der Waals surface area contributed by atoms with Gasteiger partial charge in [-0.3, -0.25) is 4.90 Å². The highest BCUT2D eigenvalue weighted by Gasteiger charge is 2.30. The minimum Gasteiger partial charge on any atom is -0.299 e. The highest BCUT2D eigenvalue weighted by molar-refractivity contribution is 5.25. The number of hydrogen-bond acceptors (Lipinski definition) is 1. The van der Waals surface area contributed by atoms with Crippen LogP contribution in [-0.2, 0) is 12.7 Å². The van der Waals surface area contributed by atoms with E-state index in [9.17, 15) is 13.2 Å². The normalized spacial score (nSPS) is 12.1. The van der Waals surface area contributed by atoms with Gasteiger partial charge in [-0.15, -0.1) is 0 Å². The molecule has 1 aromatic rings. The van der Waals surface area contributed by atoms with Crippen molar-refractivity contribution in [3.05, 3.63) is 35.4 Å². The molecule has 0 aromatic heterocycles. The maximum atomic E-state index is 12.7. The van der Waals surface area contributed by atoms with E-state index in [1.54, 1.807) is 6.07 Å². The smallest absolute Gasteiger partial charge is 0.299 e. The summed E-state index contributed by atoms with van der Waals surface area (Å²) < 4.78 is 38.1. The lowest BCUT2D eigenvalue weighted by Gasteiger charge is -2.22. The lowest BCUT2D eigenvalue weighted by Crippen LogP contribution is -2.25. The van der Waals surface area contributed by atoms with Crippen LogP contribution in [0, 0.1) is 0 Å². The first-order valence-electron chi connectivity index (χ1n) is 7.35. The topological polar surface area (TPSA) is 3.24 Å². The number of unbranched alkanes of at least 4 members (excludes halogenated alkanes) is 2. The standard InChI is InChI=1S/C16H24F3N/c1-3-5-10-20(11-6-4-2)13-14-8-7-9-15(12-14)16(17,18)19/h7-9,12H,3-6,10-11,13H2,1-2H3. The molecule has 114 valence electrons. The number of benzene rings is 1. The third-order valence-corrected chi connectivity index (χ3v) is 3.32. The van der Waals surface area contributed by atoms with Gasteiger partial charge in [0.05, 0.1) is 5.56 Å². The Morgan fingerprint density at radius 2 is 1.60 bits per heavy atom. The van der Waals surface area contributed by atoms with E-state index in [0.717, 1.165) is 50.4 Å². The fraction of sp³-hybridized carbons (Fsp3) is 0.625. The average molecular weight is 287 g/mol. The molecule has 0 radical (unpaired) electrons. The third-order valence-electron chi connectivity index (χ3n) is 3.32. The van der Waals surface area contributed by atoms with E-state index in [2.05, 4.69) is 18.7 Å². The van der Waals surface area contributed by atoms with Crippen LogP contribution in [0.3, 0.4) is 0 Å². The highest BCUT2D eigenvalue weighted by Crippen LogP contribution is 2.29. The van der Waals surface area contributed by atoms with Gasteiger partial charge >= 0.3 is 6.18 Å². The summed E-state index contributed by atoms with van der Waals surface area (Å²) in [6.07, 6.45) is 0.120. The van der Waals surface area contributed by atoms with E-state index in [0.29, 0.717) is 6.54 Å². The predicted octanol–water partition coefficient (Wildman–Crippen LogP) is 5.11. The molecule has 0 aliphatic rings. The molecule has 0 fully saturated rings. The molecule has 1 nitrogen and oxygen atoms in total. The summed E-state index contributed by atoms with van der Waals surface area (Å²) in [7, 11) is 0. The molecular formula is C16H24F3N. The minimum absolute atomic E-state index is 0.555. The van der Waals surface area contributed by atoms with Crippen LogP contribution >= 0.6 is 0 Å². The van der Waals surface area contributed by atoms with E-state index in [1.807, 2.05) is 0 Å². The number of halogens is 3. The molecule has 0 aliphatic carbocycles. The minimum atomic E-state index is -4.26. The van der Waals surface area contributed by atoms with Gasteiger partial charge in [0.25, 0.3) is 0 Å². The van der Waals surface area contributed by atoms with Crippen molar-refractivity contribution in [1.82, 2.24) is 4.90 Å². The van der Waals surface area contributed by atoms with Crippen LogP contribution in [0.2, 0.25) is 0 Å². The molecule has 20 heavy (non-hydrogen) atoms. The van der Waals surface area contributed by atoms with E-state index in [1.165, 1.54) is 12.1 Å². The highest BCUT2D eigenvalue weighted by atomic mass is 19.4. The third kappa shape index (κ3) is 5.95. The molecule has 0 saturated heterocycles. The summed E-state index contributed by atoms with van der Waals surface area (Å²) in [4.78, 5) is 2.25. The van der Waals surface area contributed by atoms with Crippen LogP contribution in [0.5, 0.6) is 0 Å². The van der Waals surface area contributed by atoms with Crippen molar-refractivity contribution in [2.75, 3.05) is 13.1 Å². The summed E-state index contributed by atoms with van der Waals surface area (Å²) in [5.41, 5.74) is 0.188. The van der Waals surface area contributed by atoms with Crippen molar-refractivity contribution >= 4 is 0 Å². The van der Waals surface area contributed by atoms with Gasteiger partial charge in [-0.05, 0) is 37.6 Å². The van der Waals surface area contributed by atoms with Crippen LogP contribution in [0.1, 0.15) is 50.7 Å². The number of nitrogens with zero attached hydrogens (tertiary/aromatic N) is 1. The van der Waals surface area contributed by atoms with Crippen LogP contribution in [0.25, 0.3) is 0 Å². The Bertz CT molecular complexity index is 380. The second-order valence-electron chi connectivity index (χ2n) is 5.18. The maximum Gasteiger partial charge on any atom is 0.416 e. The Kier molecular flexibility index (Phi) is 7.06. The molecular weight excluding hydrogens is 263 g/mol. The van der Waals surface area contributed by atoms with Crippen LogP contribution < -0.4 is 0 Å². The Labute approximate surface area is 119 Å². The van der Waals surface area contributed by atoms with Gasteiger partial charge in [-0.2, -0.15) is 13.2 Å². The molecule has 0 N–H and O–H groups in total. The zero-order valence-corrected chi connectivity index (χ0v) is 12.3. The lowest BCUT2D eigenvalue weighted by molar-refractivity contribution is -0.137. The van der Waals surface area contributed by atoms with Crippen LogP contribution in [0.15, 0.2) is 24.3 Å². The SMILES string of the molecule is CCCCN(CCCC)Cc1cccc(C(F)(F)F)c1. The van der Waals surface area contributed by atoms with Gasteiger partial charge < -0.3 is 0 Å². The monoisotopic (exact) mass is 287 g/mol. The van der Waals surface area contributed by atoms with Crippen molar-refractivity contribution in [1.29, 1.82) is 0 Å². The summed E-state index contributed by atoms with van der Waals surface area (Å²) in [5.74, 6) is 0. The first-order valence-corrected chi connectivity index (χ1v) is 7.35. The predicted molar refractivity (Wildman–Crippen MR) is 76.5 cm³/mol. The van der Waals surface area contributed by atoms with Gasteiger partial charge in [0.1, 0.15) is 0 Å². The Balaban J connectivity index is 2.71. The van der Waals surface area contributed by atoms with E-state index in [-0.39, 0.29) is 0 Å². The first-order chi connectivity index (χ1) is 9.47. The van der Waals surface area contributed by atoms with Gasteiger partial charge in [0, 0.05) is 6.54 Å². The molecule has 0 saturated carbocycles. The lowest BCUT2D eigenvalue weighted by atomic mass is 10.1. The summed E-state index contributed by atoms with van der Waals surface area (Å²) in [5, 5.41) is 0. The average Bonchev–Trinajstić information content (AvgIpc) is 2.41. The van der Waals surface area contributed by atoms with Gasteiger partial charge in [0.2, 0.25) is 0 Å². The fourth-order valence-corrected chi connectivity index (χ4v) is 2.14. The van der Waals surface area contributed by atoms with E-state index >= 15 is 0 Å². The molecule has 0 aliphatic heterocycles. The molecule has 0 unspecified atom stereocenters. The molecule has 1 aromatic carbocycles. The zero-order valence-electron chi connectivity index (χ0n) is 12.3. The Hall–Kier alpha value is -1.03. The molecule has 0 bridgehead atoms. The molecule has 4 heteroatoms. The van der Waals surface area contributed by atoms with Crippen molar-refractivity contribution < 1.29 is 13.2 Å². The fourth-order valence-electron chi connectivity index (χ4n) is 2.14. The van der Waals surface area contributed by atoms with Gasteiger partial charge in [-0.25, -0.2) is 0 Å². The second-order valence-corrected chi connectivity index (χ2v) is 5.18. The molecule has 0 spiro atoms. The molecule has 0 atom stereocenters. The van der Waals surface area contributed by atoms with Crippen LogP contribution in [-0.4, -0.2) is 18.0 Å². The van der Waals surface area contributed by atoms with Gasteiger partial charge in [-0.1, -0.05) is 44.9 Å². The zero-order chi connectivity index (χ0) is 15.0. The van der Waals surface area contributed by atoms with Crippen molar-refractivity contribution in [3.63, 3.8) is 0 Å². The molecule has 0 amide bonds.